The lowest BCUT2D eigenvalue weighted by Gasteiger charge is -2.32. The normalized spacial score (nSPS) is 16.9. The largest absolute Gasteiger partial charge is 0.803 e. The molecule has 0 aliphatic rings. The molecule has 0 saturated carbocycles. The average molecular weight is 284 g/mol. The van der Waals surface area contributed by atoms with E-state index < -0.39 is 34.1 Å². The predicted molar refractivity (Wildman–Crippen MR) is 50.4 cm³/mol. The molecule has 0 bridgehead atoms. The van der Waals surface area contributed by atoms with Crippen LogP contribution in [0.4, 0.5) is 25.5 Å². The van der Waals surface area contributed by atoms with Gasteiger partial charge in [-0.2, -0.15) is 13.2 Å². The van der Waals surface area contributed by atoms with Gasteiger partial charge in [-0.1, -0.05) is 6.92 Å². The molecular formula is C8H14F6O2Si. The molecule has 0 aromatic carbocycles. The van der Waals surface area contributed by atoms with Gasteiger partial charge >= 0.3 is 15.5 Å². The summed E-state index contributed by atoms with van der Waals surface area (Å²) >= 11 is 0. The maximum atomic E-state index is 12.5. The van der Waals surface area contributed by atoms with Crippen LogP contribution < -0.4 is 0 Å². The monoisotopic (exact) mass is 284 g/mol. The van der Waals surface area contributed by atoms with Crippen molar-refractivity contribution in [1.29, 1.82) is 0 Å². The Morgan fingerprint density at radius 2 is 1.59 bits per heavy atom. The van der Waals surface area contributed by atoms with Gasteiger partial charge in [-0.3, -0.25) is 0 Å². The van der Waals surface area contributed by atoms with Gasteiger partial charge in [0, 0.05) is 19.6 Å². The molecule has 0 radical (unpaired) electrons. The summed E-state index contributed by atoms with van der Waals surface area (Å²) < 4.78 is 81.6. The fourth-order valence-corrected chi connectivity index (χ4v) is 1.75. The van der Waals surface area contributed by atoms with Crippen molar-refractivity contribution in [1.82, 2.24) is 0 Å². The smallest absolute Gasteiger partial charge is 0.381 e. The van der Waals surface area contributed by atoms with Crippen molar-refractivity contribution in [2.45, 2.75) is 38.5 Å². The van der Waals surface area contributed by atoms with Crippen molar-refractivity contribution in [2.75, 3.05) is 13.2 Å². The molecule has 2 nitrogen and oxygen atoms in total. The fourth-order valence-electron chi connectivity index (χ4n) is 1.02. The van der Waals surface area contributed by atoms with E-state index in [4.69, 9.17) is 4.74 Å². The van der Waals surface area contributed by atoms with E-state index >= 15 is 0 Å². The minimum atomic E-state index is -6.75. The van der Waals surface area contributed by atoms with Crippen molar-refractivity contribution < 1.29 is 34.7 Å². The van der Waals surface area contributed by atoms with E-state index in [0.717, 1.165) is 0 Å². The number of halogens is 6. The summed E-state index contributed by atoms with van der Waals surface area (Å²) in [5.74, 6) is 0. The molecule has 0 saturated heterocycles. The standard InChI is InChI=1S/C8H14F6O2Si/c1-3-5-15-6-4-7(2,8(9,10)11)16-17(12,13)14/h3-6H2,1-2H3. The lowest BCUT2D eigenvalue weighted by molar-refractivity contribution is -0.257. The minimum Gasteiger partial charge on any atom is -0.381 e. The summed E-state index contributed by atoms with van der Waals surface area (Å²) in [6, 6.07) is 0. The first-order valence-corrected chi connectivity index (χ1v) is 6.47. The van der Waals surface area contributed by atoms with Crippen LogP contribution in [-0.4, -0.2) is 34.3 Å². The highest BCUT2D eigenvalue weighted by Gasteiger charge is 2.60. The maximum Gasteiger partial charge on any atom is 0.803 e. The molecule has 17 heavy (non-hydrogen) atoms. The van der Waals surface area contributed by atoms with Crippen LogP contribution in [0.15, 0.2) is 0 Å². The fraction of sp³-hybridized carbons (Fsp3) is 1.00. The summed E-state index contributed by atoms with van der Waals surface area (Å²) in [7, 11) is -6.75. The van der Waals surface area contributed by atoms with E-state index in [1.165, 1.54) is 0 Å². The summed E-state index contributed by atoms with van der Waals surface area (Å²) in [5, 5.41) is 0. The Hall–Kier alpha value is -0.283. The quantitative estimate of drug-likeness (QED) is 0.308. The zero-order valence-corrected chi connectivity index (χ0v) is 10.4. The highest BCUT2D eigenvalue weighted by Crippen LogP contribution is 2.39. The van der Waals surface area contributed by atoms with Crippen LogP contribution in [-0.2, 0) is 9.16 Å². The van der Waals surface area contributed by atoms with Crippen LogP contribution in [0.2, 0.25) is 0 Å². The molecule has 104 valence electrons. The molecule has 0 N–H and O–H groups in total. The van der Waals surface area contributed by atoms with Crippen LogP contribution in [0.5, 0.6) is 0 Å². The third kappa shape index (κ3) is 6.27. The van der Waals surface area contributed by atoms with Gasteiger partial charge in [0.2, 0.25) is 0 Å². The molecule has 0 rings (SSSR count). The average Bonchev–Trinajstić information content (AvgIpc) is 2.08. The summed E-state index contributed by atoms with van der Waals surface area (Å²) in [6.07, 6.45) is -5.37. The third-order valence-corrected chi connectivity index (χ3v) is 2.69. The van der Waals surface area contributed by atoms with Gasteiger partial charge in [-0.05, 0) is 13.3 Å². The van der Waals surface area contributed by atoms with Gasteiger partial charge < -0.3 is 9.16 Å². The zero-order valence-electron chi connectivity index (χ0n) is 9.41. The number of alkyl halides is 3. The molecule has 0 aliphatic carbocycles. The van der Waals surface area contributed by atoms with Gasteiger partial charge in [-0.25, -0.2) is 12.3 Å². The first kappa shape index (κ1) is 16.7. The van der Waals surface area contributed by atoms with Crippen molar-refractivity contribution in [3.63, 3.8) is 0 Å². The van der Waals surface area contributed by atoms with E-state index in [0.29, 0.717) is 13.3 Å². The Kier molecular flexibility index (Phi) is 5.95. The molecule has 0 aliphatic heterocycles. The van der Waals surface area contributed by atoms with Gasteiger partial charge in [0.15, 0.2) is 5.60 Å². The van der Waals surface area contributed by atoms with Crippen LogP contribution in [0.3, 0.4) is 0 Å². The highest BCUT2D eigenvalue weighted by atomic mass is 28.5. The van der Waals surface area contributed by atoms with E-state index in [-0.39, 0.29) is 6.61 Å². The van der Waals surface area contributed by atoms with Crippen LogP contribution >= 0.6 is 0 Å². The second kappa shape index (κ2) is 6.05. The van der Waals surface area contributed by atoms with Crippen molar-refractivity contribution >= 4 is 9.32 Å². The lowest BCUT2D eigenvalue weighted by atomic mass is 10.0. The molecule has 0 spiro atoms. The van der Waals surface area contributed by atoms with E-state index in [9.17, 15) is 25.5 Å². The first-order valence-electron chi connectivity index (χ1n) is 4.93. The topological polar surface area (TPSA) is 18.5 Å². The van der Waals surface area contributed by atoms with Crippen molar-refractivity contribution in [3.05, 3.63) is 0 Å². The molecule has 9 heteroatoms. The minimum absolute atomic E-state index is 0.206. The second-order valence-electron chi connectivity index (χ2n) is 3.64. The van der Waals surface area contributed by atoms with E-state index in [1.54, 1.807) is 6.92 Å². The Morgan fingerprint density at radius 3 is 1.94 bits per heavy atom. The van der Waals surface area contributed by atoms with Gasteiger partial charge in [0.1, 0.15) is 0 Å². The second-order valence-corrected chi connectivity index (χ2v) is 4.73. The third-order valence-electron chi connectivity index (χ3n) is 2.01. The summed E-state index contributed by atoms with van der Waals surface area (Å²) in [6.45, 7) is 1.91. The SMILES string of the molecule is CCCOCCC(C)(O[Si](F)(F)F)C(F)(F)F. The van der Waals surface area contributed by atoms with E-state index in [1.807, 2.05) is 0 Å². The lowest BCUT2D eigenvalue weighted by Crippen LogP contribution is -2.50. The van der Waals surface area contributed by atoms with Crippen LogP contribution in [0, 0.1) is 0 Å². The van der Waals surface area contributed by atoms with Crippen LogP contribution in [0.25, 0.3) is 0 Å². The molecule has 1 unspecified atom stereocenters. The molecule has 0 amide bonds. The molecule has 0 fully saturated rings. The Bertz CT molecular complexity index is 229. The van der Waals surface area contributed by atoms with Crippen molar-refractivity contribution in [2.24, 2.45) is 0 Å². The molecule has 0 heterocycles. The van der Waals surface area contributed by atoms with Crippen LogP contribution in [0.1, 0.15) is 26.7 Å². The van der Waals surface area contributed by atoms with Crippen molar-refractivity contribution in [3.8, 4) is 0 Å². The molecular weight excluding hydrogens is 270 g/mol. The Balaban J connectivity index is 4.53. The highest BCUT2D eigenvalue weighted by molar-refractivity contribution is 6.51. The molecule has 1 atom stereocenters. The Labute approximate surface area is 96.5 Å². The summed E-state index contributed by atoms with van der Waals surface area (Å²) in [4.78, 5) is 0. The number of ether oxygens (including phenoxy) is 1. The predicted octanol–water partition coefficient (Wildman–Crippen LogP) is 3.48. The first-order chi connectivity index (χ1) is 7.52. The maximum absolute atomic E-state index is 12.5. The number of rotatable bonds is 7. The zero-order chi connectivity index (χ0) is 13.7. The number of hydrogen-bond donors (Lipinski definition) is 0. The Morgan fingerprint density at radius 1 is 1.06 bits per heavy atom. The van der Waals surface area contributed by atoms with Gasteiger partial charge in [0.05, 0.1) is 0 Å². The van der Waals surface area contributed by atoms with Gasteiger partial charge in [0.25, 0.3) is 0 Å². The summed E-state index contributed by atoms with van der Waals surface area (Å²) in [5.41, 5.74) is -3.22. The number of hydrogen-bond acceptors (Lipinski definition) is 2. The van der Waals surface area contributed by atoms with E-state index in [2.05, 4.69) is 4.43 Å². The van der Waals surface area contributed by atoms with Gasteiger partial charge in [-0.15, -0.1) is 0 Å². The molecule has 0 aromatic rings. The molecule has 0 aromatic heterocycles.